The Hall–Kier alpha value is -1.43. The van der Waals surface area contributed by atoms with E-state index in [0.29, 0.717) is 45.0 Å². The van der Waals surface area contributed by atoms with Crippen LogP contribution in [0.2, 0.25) is 0 Å². The van der Waals surface area contributed by atoms with Crippen LogP contribution >= 0.6 is 0 Å². The summed E-state index contributed by atoms with van der Waals surface area (Å²) in [6.45, 7) is 8.11. The lowest BCUT2D eigenvalue weighted by Crippen LogP contribution is -2.50. The van der Waals surface area contributed by atoms with Gasteiger partial charge in [0.1, 0.15) is 5.76 Å². The molecule has 1 aliphatic rings. The fourth-order valence-corrected chi connectivity index (χ4v) is 4.08. The Morgan fingerprint density at radius 1 is 1.32 bits per heavy atom. The van der Waals surface area contributed by atoms with Crippen LogP contribution in [0.1, 0.15) is 30.7 Å². The SMILES string of the molecule is CCC(C#N)S(=O)(=O)N1CCN(Cc2nc(C)c(C)o2)CC1. The zero-order valence-electron chi connectivity index (χ0n) is 13.2. The van der Waals surface area contributed by atoms with Crippen LogP contribution in [0.15, 0.2) is 4.42 Å². The highest BCUT2D eigenvalue weighted by atomic mass is 32.2. The lowest BCUT2D eigenvalue weighted by Gasteiger charge is -2.34. The van der Waals surface area contributed by atoms with Gasteiger partial charge >= 0.3 is 0 Å². The number of hydrogen-bond donors (Lipinski definition) is 0. The summed E-state index contributed by atoms with van der Waals surface area (Å²) in [7, 11) is -3.52. The molecule has 0 aliphatic carbocycles. The van der Waals surface area contributed by atoms with Gasteiger partial charge in [0, 0.05) is 26.2 Å². The van der Waals surface area contributed by atoms with E-state index in [-0.39, 0.29) is 0 Å². The average molecular weight is 326 g/mol. The number of hydrogen-bond acceptors (Lipinski definition) is 6. The first-order chi connectivity index (χ1) is 10.4. The van der Waals surface area contributed by atoms with Crippen molar-refractivity contribution in [2.45, 2.75) is 39.0 Å². The smallest absolute Gasteiger partial charge is 0.230 e. The molecule has 1 aliphatic heterocycles. The number of nitriles is 1. The first kappa shape index (κ1) is 16.9. The third-order valence-corrected chi connectivity index (χ3v) is 6.24. The summed E-state index contributed by atoms with van der Waals surface area (Å²) in [5.41, 5.74) is 0.885. The molecule has 1 atom stereocenters. The van der Waals surface area contributed by atoms with Gasteiger partial charge in [0.2, 0.25) is 15.9 Å². The Kier molecular flexibility index (Phi) is 5.21. The molecular weight excluding hydrogens is 304 g/mol. The number of aromatic nitrogens is 1. The molecule has 7 nitrogen and oxygen atoms in total. The predicted molar refractivity (Wildman–Crippen MR) is 81.4 cm³/mol. The highest BCUT2D eigenvalue weighted by Gasteiger charge is 2.33. The van der Waals surface area contributed by atoms with Gasteiger partial charge in [-0.05, 0) is 20.3 Å². The van der Waals surface area contributed by atoms with E-state index in [9.17, 15) is 8.42 Å². The highest BCUT2D eigenvalue weighted by Crippen LogP contribution is 2.17. The lowest BCUT2D eigenvalue weighted by molar-refractivity contribution is 0.167. The minimum atomic E-state index is -3.52. The van der Waals surface area contributed by atoms with Gasteiger partial charge in [0.25, 0.3) is 0 Å². The highest BCUT2D eigenvalue weighted by molar-refractivity contribution is 7.90. The maximum absolute atomic E-state index is 12.3. The summed E-state index contributed by atoms with van der Waals surface area (Å²) in [5.74, 6) is 1.48. The van der Waals surface area contributed by atoms with Crippen LogP contribution in [0.5, 0.6) is 0 Å². The van der Waals surface area contributed by atoms with Crippen molar-refractivity contribution in [3.05, 3.63) is 17.3 Å². The van der Waals surface area contributed by atoms with Crippen molar-refractivity contribution >= 4 is 10.0 Å². The summed E-state index contributed by atoms with van der Waals surface area (Å²) in [6, 6.07) is 1.88. The maximum Gasteiger partial charge on any atom is 0.230 e. The maximum atomic E-state index is 12.3. The summed E-state index contributed by atoms with van der Waals surface area (Å²) < 4.78 is 31.6. The lowest BCUT2D eigenvalue weighted by atomic mass is 10.3. The van der Waals surface area contributed by atoms with E-state index >= 15 is 0 Å². The number of oxazole rings is 1. The second-order valence-electron chi connectivity index (χ2n) is 5.50. The van der Waals surface area contributed by atoms with Crippen LogP contribution in [-0.4, -0.2) is 54.0 Å². The second-order valence-corrected chi connectivity index (χ2v) is 7.61. The van der Waals surface area contributed by atoms with Crippen molar-refractivity contribution in [2.24, 2.45) is 0 Å². The molecule has 0 bridgehead atoms. The molecule has 1 unspecified atom stereocenters. The van der Waals surface area contributed by atoms with Crippen molar-refractivity contribution in [1.82, 2.24) is 14.2 Å². The molecule has 1 fully saturated rings. The number of sulfonamides is 1. The molecular formula is C14H22N4O3S. The molecule has 1 aromatic heterocycles. The molecule has 2 heterocycles. The summed E-state index contributed by atoms with van der Waals surface area (Å²) in [4.78, 5) is 6.46. The van der Waals surface area contributed by atoms with Gasteiger partial charge in [-0.2, -0.15) is 9.57 Å². The molecule has 0 saturated carbocycles. The molecule has 0 amide bonds. The minimum absolute atomic E-state index is 0.313. The van der Waals surface area contributed by atoms with Crippen LogP contribution in [0, 0.1) is 25.2 Å². The largest absolute Gasteiger partial charge is 0.444 e. The number of rotatable bonds is 5. The molecule has 0 aromatic carbocycles. The first-order valence-corrected chi connectivity index (χ1v) is 8.92. The second kappa shape index (κ2) is 6.77. The molecule has 2 rings (SSSR count). The van der Waals surface area contributed by atoms with Gasteiger partial charge in [-0.3, -0.25) is 4.90 Å². The van der Waals surface area contributed by atoms with E-state index in [1.165, 1.54) is 4.31 Å². The van der Waals surface area contributed by atoms with E-state index in [1.54, 1.807) is 6.92 Å². The van der Waals surface area contributed by atoms with Gasteiger partial charge in [-0.1, -0.05) is 6.92 Å². The van der Waals surface area contributed by atoms with Crippen LogP contribution in [-0.2, 0) is 16.6 Å². The van der Waals surface area contributed by atoms with Crippen LogP contribution < -0.4 is 0 Å². The molecule has 122 valence electrons. The van der Waals surface area contributed by atoms with E-state index < -0.39 is 15.3 Å². The summed E-state index contributed by atoms with van der Waals surface area (Å²) >= 11 is 0. The Morgan fingerprint density at radius 2 is 1.95 bits per heavy atom. The van der Waals surface area contributed by atoms with Crippen LogP contribution in [0.25, 0.3) is 0 Å². The fraction of sp³-hybridized carbons (Fsp3) is 0.714. The van der Waals surface area contributed by atoms with Crippen molar-refractivity contribution in [2.75, 3.05) is 26.2 Å². The Morgan fingerprint density at radius 3 is 2.41 bits per heavy atom. The van der Waals surface area contributed by atoms with Gasteiger partial charge in [0.15, 0.2) is 5.25 Å². The van der Waals surface area contributed by atoms with Crippen molar-refractivity contribution < 1.29 is 12.8 Å². The first-order valence-electron chi connectivity index (χ1n) is 7.42. The predicted octanol–water partition coefficient (Wildman–Crippen LogP) is 1.04. The Bertz CT molecular complexity index is 635. The zero-order valence-corrected chi connectivity index (χ0v) is 14.1. The van der Waals surface area contributed by atoms with Gasteiger partial charge in [-0.25, -0.2) is 13.4 Å². The molecule has 0 N–H and O–H groups in total. The number of nitrogens with zero attached hydrogens (tertiary/aromatic N) is 4. The fourth-order valence-electron chi connectivity index (χ4n) is 2.49. The van der Waals surface area contributed by atoms with E-state index in [0.717, 1.165) is 11.5 Å². The summed E-state index contributed by atoms with van der Waals surface area (Å²) in [5, 5.41) is 8.03. The average Bonchev–Trinajstić information content (AvgIpc) is 2.79. The third-order valence-electron chi connectivity index (χ3n) is 4.00. The quantitative estimate of drug-likeness (QED) is 0.803. The molecule has 0 spiro atoms. The van der Waals surface area contributed by atoms with Gasteiger partial charge < -0.3 is 4.42 Å². The topological polar surface area (TPSA) is 90.4 Å². The van der Waals surface area contributed by atoms with Crippen molar-refractivity contribution in [3.8, 4) is 6.07 Å². The minimum Gasteiger partial charge on any atom is -0.444 e. The molecule has 22 heavy (non-hydrogen) atoms. The number of piperazine rings is 1. The van der Waals surface area contributed by atoms with Gasteiger partial charge in [-0.15, -0.1) is 0 Å². The summed E-state index contributed by atoms with van der Waals surface area (Å²) in [6.07, 6.45) is 0.313. The molecule has 1 aromatic rings. The van der Waals surface area contributed by atoms with E-state index in [2.05, 4.69) is 9.88 Å². The Balaban J connectivity index is 1.94. The Labute approximate surface area is 131 Å². The van der Waals surface area contributed by atoms with E-state index in [4.69, 9.17) is 9.68 Å². The standard InChI is InChI=1S/C14H22N4O3S/c1-4-13(9-15)22(19,20)18-7-5-17(6-8-18)10-14-16-11(2)12(3)21-14/h13H,4-8,10H2,1-3H3. The van der Waals surface area contributed by atoms with Crippen molar-refractivity contribution in [1.29, 1.82) is 5.26 Å². The normalized spacial score (nSPS) is 19.0. The molecule has 1 saturated heterocycles. The van der Waals surface area contributed by atoms with E-state index in [1.807, 2.05) is 19.9 Å². The monoisotopic (exact) mass is 326 g/mol. The zero-order chi connectivity index (χ0) is 16.3. The molecule has 0 radical (unpaired) electrons. The van der Waals surface area contributed by atoms with Crippen LogP contribution in [0.3, 0.4) is 0 Å². The molecule has 8 heteroatoms. The third kappa shape index (κ3) is 3.48. The van der Waals surface area contributed by atoms with Crippen LogP contribution in [0.4, 0.5) is 0 Å². The van der Waals surface area contributed by atoms with Gasteiger partial charge in [0.05, 0.1) is 18.3 Å². The number of aryl methyl sites for hydroxylation is 2. The van der Waals surface area contributed by atoms with Crippen molar-refractivity contribution in [3.63, 3.8) is 0 Å².